The maximum absolute atomic E-state index is 15.5. The van der Waals surface area contributed by atoms with E-state index in [9.17, 15) is 0 Å². The number of hydrogen-bond acceptors (Lipinski definition) is 7. The van der Waals surface area contributed by atoms with Gasteiger partial charge in [0.1, 0.15) is 0 Å². The minimum atomic E-state index is -1.95. The molecular formula is C26H40FN5O2Si. The second kappa shape index (κ2) is 10.0. The van der Waals surface area contributed by atoms with Crippen LogP contribution in [0.15, 0.2) is 30.6 Å². The van der Waals surface area contributed by atoms with E-state index in [4.69, 9.17) is 9.16 Å². The van der Waals surface area contributed by atoms with Crippen molar-refractivity contribution >= 4 is 25.6 Å². The molecule has 3 heterocycles. The van der Waals surface area contributed by atoms with E-state index in [2.05, 4.69) is 65.5 Å². The van der Waals surface area contributed by atoms with Crippen LogP contribution in [0.1, 0.15) is 33.3 Å². The Balaban J connectivity index is 1.39. The molecule has 0 bridgehead atoms. The zero-order valence-corrected chi connectivity index (χ0v) is 23.2. The topological polar surface area (TPSA) is 54.0 Å². The monoisotopic (exact) mass is 501 g/mol. The summed E-state index contributed by atoms with van der Waals surface area (Å²) in [6.07, 6.45) is 4.06. The molecule has 0 N–H and O–H groups in total. The molecule has 2 aliphatic rings. The number of ether oxygens (including phenoxy) is 1. The van der Waals surface area contributed by atoms with Crippen molar-refractivity contribution in [1.82, 2.24) is 9.97 Å². The van der Waals surface area contributed by atoms with Crippen molar-refractivity contribution in [3.63, 3.8) is 0 Å². The third-order valence-electron chi connectivity index (χ3n) is 7.84. The fourth-order valence-electron chi connectivity index (χ4n) is 4.33. The van der Waals surface area contributed by atoms with E-state index in [1.807, 2.05) is 30.6 Å². The quantitative estimate of drug-likeness (QED) is 0.510. The highest BCUT2D eigenvalue weighted by Crippen LogP contribution is 2.37. The van der Waals surface area contributed by atoms with Crippen LogP contribution in [-0.4, -0.2) is 70.3 Å². The van der Waals surface area contributed by atoms with Crippen molar-refractivity contribution < 1.29 is 13.6 Å². The normalized spacial score (nSPS) is 19.8. The van der Waals surface area contributed by atoms with E-state index < -0.39 is 8.32 Å². The first-order chi connectivity index (χ1) is 16.5. The number of halogens is 1. The minimum Gasteiger partial charge on any atom is -0.412 e. The van der Waals surface area contributed by atoms with Crippen molar-refractivity contribution in [3.8, 4) is 0 Å². The minimum absolute atomic E-state index is 0.0936. The Morgan fingerprint density at radius 3 is 2.34 bits per heavy atom. The van der Waals surface area contributed by atoms with Gasteiger partial charge in [0, 0.05) is 51.4 Å². The van der Waals surface area contributed by atoms with Crippen molar-refractivity contribution in [1.29, 1.82) is 0 Å². The van der Waals surface area contributed by atoms with Gasteiger partial charge in [-0.1, -0.05) is 32.9 Å². The Hall–Kier alpha value is -2.23. The molecule has 0 radical (unpaired) electrons. The average Bonchev–Trinajstić information content (AvgIpc) is 2.77. The highest BCUT2D eigenvalue weighted by Gasteiger charge is 2.37. The molecule has 7 nitrogen and oxygen atoms in total. The standard InChI is InChI=1S/C26H40FN5O2Si/c1-19-15-30(23-10-8-9-20(24(23)27)18-34-35(6,7)26(2,3)4)11-12-32(19)21-13-28-25(29-14-21)31-16-22(17-31)33-5/h8-10,13-14,19,22H,11-12,15-18H2,1-7H3. The van der Waals surface area contributed by atoms with E-state index in [0.717, 1.165) is 44.4 Å². The van der Waals surface area contributed by atoms with Gasteiger partial charge in [-0.2, -0.15) is 0 Å². The van der Waals surface area contributed by atoms with E-state index in [1.165, 1.54) is 0 Å². The predicted octanol–water partition coefficient (Wildman–Crippen LogP) is 4.69. The molecule has 2 fully saturated rings. The fourth-order valence-corrected chi connectivity index (χ4v) is 5.28. The second-order valence-electron chi connectivity index (χ2n) is 11.3. The number of piperazine rings is 1. The predicted molar refractivity (Wildman–Crippen MR) is 142 cm³/mol. The first-order valence-electron chi connectivity index (χ1n) is 12.5. The molecule has 9 heteroatoms. The molecule has 0 saturated carbocycles. The van der Waals surface area contributed by atoms with Crippen molar-refractivity contribution in [2.75, 3.05) is 54.5 Å². The number of anilines is 3. The highest BCUT2D eigenvalue weighted by molar-refractivity contribution is 6.74. The number of hydrogen-bond donors (Lipinski definition) is 0. The van der Waals surface area contributed by atoms with E-state index >= 15 is 4.39 Å². The zero-order valence-electron chi connectivity index (χ0n) is 22.2. The Kier molecular flexibility index (Phi) is 7.40. The van der Waals surface area contributed by atoms with Gasteiger partial charge in [-0.3, -0.25) is 0 Å². The lowest BCUT2D eigenvalue weighted by atomic mass is 10.1. The van der Waals surface area contributed by atoms with Gasteiger partial charge in [-0.15, -0.1) is 0 Å². The van der Waals surface area contributed by atoms with Gasteiger partial charge in [0.25, 0.3) is 0 Å². The molecule has 192 valence electrons. The molecule has 1 unspecified atom stereocenters. The third-order valence-corrected chi connectivity index (χ3v) is 12.3. The second-order valence-corrected chi connectivity index (χ2v) is 16.1. The molecule has 1 atom stereocenters. The first-order valence-corrected chi connectivity index (χ1v) is 15.4. The lowest BCUT2D eigenvalue weighted by molar-refractivity contribution is 0.0778. The molecule has 2 aliphatic heterocycles. The molecule has 0 aliphatic carbocycles. The summed E-state index contributed by atoms with van der Waals surface area (Å²) in [6, 6.07) is 5.87. The molecule has 0 amide bonds. The molecule has 1 aromatic carbocycles. The smallest absolute Gasteiger partial charge is 0.225 e. The van der Waals surface area contributed by atoms with E-state index in [1.54, 1.807) is 7.11 Å². The zero-order chi connectivity index (χ0) is 25.4. The number of benzene rings is 1. The van der Waals surface area contributed by atoms with Gasteiger partial charge in [0.2, 0.25) is 5.95 Å². The molecule has 4 rings (SSSR count). The number of methoxy groups -OCH3 is 1. The van der Waals surface area contributed by atoms with E-state index in [0.29, 0.717) is 17.9 Å². The van der Waals surface area contributed by atoms with Gasteiger partial charge in [0.05, 0.1) is 36.5 Å². The Bertz CT molecular complexity index is 1010. The summed E-state index contributed by atoms with van der Waals surface area (Å²) in [6.45, 7) is 17.4. The van der Waals surface area contributed by atoms with Crippen molar-refractivity contribution in [3.05, 3.63) is 42.0 Å². The van der Waals surface area contributed by atoms with Crippen LogP contribution in [0, 0.1) is 5.82 Å². The van der Waals surface area contributed by atoms with Crippen LogP contribution >= 0.6 is 0 Å². The Morgan fingerprint density at radius 1 is 1.06 bits per heavy atom. The summed E-state index contributed by atoms with van der Waals surface area (Å²) in [5.41, 5.74) is 2.29. The van der Waals surface area contributed by atoms with Crippen LogP contribution in [0.4, 0.5) is 21.7 Å². The summed E-state index contributed by atoms with van der Waals surface area (Å²) >= 11 is 0. The van der Waals surface area contributed by atoms with Crippen LogP contribution in [0.2, 0.25) is 18.1 Å². The summed E-state index contributed by atoms with van der Waals surface area (Å²) in [5, 5.41) is 0.0936. The molecule has 35 heavy (non-hydrogen) atoms. The van der Waals surface area contributed by atoms with Gasteiger partial charge < -0.3 is 23.9 Å². The summed E-state index contributed by atoms with van der Waals surface area (Å²) in [7, 11) is -0.214. The first kappa shape index (κ1) is 25.8. The summed E-state index contributed by atoms with van der Waals surface area (Å²) < 4.78 is 27.2. The fraction of sp³-hybridized carbons (Fsp3) is 0.615. The Labute approximate surface area is 210 Å². The van der Waals surface area contributed by atoms with E-state index in [-0.39, 0.29) is 23.0 Å². The maximum atomic E-state index is 15.5. The van der Waals surface area contributed by atoms with Crippen molar-refractivity contribution in [2.45, 2.75) is 64.6 Å². The maximum Gasteiger partial charge on any atom is 0.225 e. The van der Waals surface area contributed by atoms with Gasteiger partial charge >= 0.3 is 0 Å². The molecule has 1 aromatic heterocycles. The SMILES string of the molecule is COC1CN(c2ncc(N3CCN(c4cccc(CO[Si](C)(C)C(C)(C)C)c4F)CC3C)cn2)C1. The van der Waals surface area contributed by atoms with Gasteiger partial charge in [-0.25, -0.2) is 14.4 Å². The summed E-state index contributed by atoms with van der Waals surface area (Å²) in [4.78, 5) is 15.7. The van der Waals surface area contributed by atoms with Gasteiger partial charge in [-0.05, 0) is 31.1 Å². The average molecular weight is 502 g/mol. The van der Waals surface area contributed by atoms with Crippen LogP contribution in [0.3, 0.4) is 0 Å². The van der Waals surface area contributed by atoms with Crippen molar-refractivity contribution in [2.24, 2.45) is 0 Å². The largest absolute Gasteiger partial charge is 0.412 e. The molecular weight excluding hydrogens is 461 g/mol. The number of aromatic nitrogens is 2. The number of rotatable bonds is 7. The Morgan fingerprint density at radius 2 is 1.74 bits per heavy atom. The number of nitrogens with zero attached hydrogens (tertiary/aromatic N) is 5. The lowest BCUT2D eigenvalue weighted by Gasteiger charge is -2.42. The van der Waals surface area contributed by atoms with Crippen LogP contribution < -0.4 is 14.7 Å². The molecule has 0 spiro atoms. The lowest BCUT2D eigenvalue weighted by Crippen LogP contribution is -2.53. The van der Waals surface area contributed by atoms with Gasteiger partial charge in [0.15, 0.2) is 14.1 Å². The van der Waals surface area contributed by atoms with Crippen LogP contribution in [-0.2, 0) is 15.8 Å². The third kappa shape index (κ3) is 5.47. The summed E-state index contributed by atoms with van der Waals surface area (Å²) in [5.74, 6) is 0.579. The molecule has 2 aromatic rings. The molecule has 2 saturated heterocycles. The highest BCUT2D eigenvalue weighted by atomic mass is 28.4. The van der Waals surface area contributed by atoms with Crippen LogP contribution in [0.25, 0.3) is 0 Å². The van der Waals surface area contributed by atoms with Crippen LogP contribution in [0.5, 0.6) is 0 Å².